The van der Waals surface area contributed by atoms with E-state index < -0.39 is 6.09 Å². The monoisotopic (exact) mass is 343 g/mol. The lowest BCUT2D eigenvalue weighted by atomic mass is 10.1. The maximum Gasteiger partial charge on any atom is 0.414 e. The number of hydrogen-bond donors (Lipinski definition) is 2. The van der Waals surface area contributed by atoms with Crippen molar-refractivity contribution in [2.24, 2.45) is 0 Å². The zero-order valence-corrected chi connectivity index (χ0v) is 14.5. The number of nitrogens with one attached hydrogen (secondary N) is 2. The molecule has 7 nitrogen and oxygen atoms in total. The molecule has 0 saturated carbocycles. The summed E-state index contributed by atoms with van der Waals surface area (Å²) in [4.78, 5) is 25.7. The predicted molar refractivity (Wildman–Crippen MR) is 93.9 cm³/mol. The Morgan fingerprint density at radius 1 is 1.28 bits per heavy atom. The zero-order chi connectivity index (χ0) is 18.0. The van der Waals surface area contributed by atoms with Gasteiger partial charge < -0.3 is 19.8 Å². The van der Waals surface area contributed by atoms with Crippen molar-refractivity contribution in [2.45, 2.75) is 26.8 Å². The van der Waals surface area contributed by atoms with Crippen LogP contribution in [0.3, 0.4) is 0 Å². The number of benzene rings is 1. The van der Waals surface area contributed by atoms with Crippen LogP contribution < -0.4 is 15.5 Å². The molecule has 2 heterocycles. The third-order valence-corrected chi connectivity index (χ3v) is 4.10. The molecule has 1 unspecified atom stereocenters. The lowest BCUT2D eigenvalue weighted by Crippen LogP contribution is -2.32. The number of rotatable bonds is 4. The Bertz CT molecular complexity index is 799. The number of para-hydroxylation sites is 2. The minimum absolute atomic E-state index is 0.207. The molecule has 2 aromatic rings. The summed E-state index contributed by atoms with van der Waals surface area (Å²) < 4.78 is 10.5. The fourth-order valence-corrected chi connectivity index (χ4v) is 2.94. The molecular formula is C18H21N3O4. The van der Waals surface area contributed by atoms with E-state index in [0.717, 1.165) is 17.1 Å². The van der Waals surface area contributed by atoms with Gasteiger partial charge in [-0.15, -0.1) is 0 Å². The molecule has 3 rings (SSSR count). The van der Waals surface area contributed by atoms with E-state index in [-0.39, 0.29) is 12.1 Å². The molecule has 25 heavy (non-hydrogen) atoms. The molecule has 0 bridgehead atoms. The fourth-order valence-electron chi connectivity index (χ4n) is 2.94. The van der Waals surface area contributed by atoms with Crippen molar-refractivity contribution in [1.82, 2.24) is 5.32 Å². The van der Waals surface area contributed by atoms with Crippen molar-refractivity contribution in [3.05, 3.63) is 47.4 Å². The van der Waals surface area contributed by atoms with E-state index >= 15 is 0 Å². The standard InChI is InChI=1S/C18H21N3O4/c1-11-10-14(13(3)25-11)12(2)19-17(22)20-15-6-4-5-7-16(15)21-8-9-24-18(21)23/h4-7,10,12H,8-9H2,1-3H3,(H2,19,20,22). The van der Waals surface area contributed by atoms with Crippen LogP contribution in [0.5, 0.6) is 0 Å². The lowest BCUT2D eigenvalue weighted by Gasteiger charge is -2.19. The van der Waals surface area contributed by atoms with Gasteiger partial charge in [0.15, 0.2) is 0 Å². The van der Waals surface area contributed by atoms with Gasteiger partial charge in [-0.2, -0.15) is 0 Å². The van der Waals surface area contributed by atoms with Crippen LogP contribution in [0.4, 0.5) is 21.0 Å². The Hall–Kier alpha value is -2.96. The molecule has 1 saturated heterocycles. The second-order valence-corrected chi connectivity index (χ2v) is 5.97. The molecule has 1 aliphatic rings. The first-order chi connectivity index (χ1) is 12.0. The van der Waals surface area contributed by atoms with Crippen molar-refractivity contribution >= 4 is 23.5 Å². The number of cyclic esters (lactones) is 1. The molecule has 1 atom stereocenters. The van der Waals surface area contributed by atoms with E-state index in [1.165, 1.54) is 4.90 Å². The Morgan fingerprint density at radius 2 is 2.04 bits per heavy atom. The molecule has 7 heteroatoms. The van der Waals surface area contributed by atoms with Crippen LogP contribution >= 0.6 is 0 Å². The van der Waals surface area contributed by atoms with E-state index in [0.29, 0.717) is 24.5 Å². The highest BCUT2D eigenvalue weighted by Gasteiger charge is 2.26. The van der Waals surface area contributed by atoms with Crippen LogP contribution in [-0.2, 0) is 4.74 Å². The number of nitrogens with zero attached hydrogens (tertiary/aromatic N) is 1. The second kappa shape index (κ2) is 6.88. The number of amides is 3. The summed E-state index contributed by atoms with van der Waals surface area (Å²) in [5, 5.41) is 5.69. The van der Waals surface area contributed by atoms with E-state index in [1.54, 1.807) is 18.2 Å². The highest BCUT2D eigenvalue weighted by atomic mass is 16.6. The number of carbonyl (C=O) groups is 2. The summed E-state index contributed by atoms with van der Waals surface area (Å²) in [6, 6.07) is 8.48. The largest absolute Gasteiger partial charge is 0.466 e. The van der Waals surface area contributed by atoms with Crippen LogP contribution in [-0.4, -0.2) is 25.3 Å². The smallest absolute Gasteiger partial charge is 0.414 e. The van der Waals surface area contributed by atoms with Gasteiger partial charge in [0.25, 0.3) is 0 Å². The van der Waals surface area contributed by atoms with Crippen LogP contribution in [0.15, 0.2) is 34.7 Å². The summed E-state index contributed by atoms with van der Waals surface area (Å²) in [7, 11) is 0. The summed E-state index contributed by atoms with van der Waals surface area (Å²) in [6.45, 7) is 6.43. The first-order valence-electron chi connectivity index (χ1n) is 8.13. The Balaban J connectivity index is 1.71. The topological polar surface area (TPSA) is 83.8 Å². The Morgan fingerprint density at radius 3 is 2.68 bits per heavy atom. The van der Waals surface area contributed by atoms with Crippen molar-refractivity contribution in [2.75, 3.05) is 23.4 Å². The average Bonchev–Trinajstić information content (AvgIpc) is 3.13. The maximum atomic E-state index is 12.4. The van der Waals surface area contributed by atoms with Gasteiger partial charge in [-0.05, 0) is 39.0 Å². The number of furan rings is 1. The van der Waals surface area contributed by atoms with Gasteiger partial charge in [0.05, 0.1) is 24.0 Å². The third kappa shape index (κ3) is 3.60. The molecule has 1 aromatic carbocycles. The second-order valence-electron chi connectivity index (χ2n) is 5.97. The van der Waals surface area contributed by atoms with Gasteiger partial charge in [0.2, 0.25) is 0 Å². The molecule has 1 aromatic heterocycles. The van der Waals surface area contributed by atoms with Gasteiger partial charge in [-0.1, -0.05) is 12.1 Å². The minimum atomic E-state index is -0.410. The summed E-state index contributed by atoms with van der Waals surface area (Å²) >= 11 is 0. The number of carbonyl (C=O) groups excluding carboxylic acids is 2. The minimum Gasteiger partial charge on any atom is -0.466 e. The van der Waals surface area contributed by atoms with Gasteiger partial charge in [-0.3, -0.25) is 4.90 Å². The molecule has 3 amide bonds. The van der Waals surface area contributed by atoms with E-state index in [4.69, 9.17) is 9.15 Å². The molecule has 1 fully saturated rings. The maximum absolute atomic E-state index is 12.4. The number of anilines is 2. The van der Waals surface area contributed by atoms with Crippen molar-refractivity contribution in [3.8, 4) is 0 Å². The number of urea groups is 1. The lowest BCUT2D eigenvalue weighted by molar-refractivity contribution is 0.181. The summed E-state index contributed by atoms with van der Waals surface area (Å²) in [5.74, 6) is 1.59. The first kappa shape index (κ1) is 16.9. The van der Waals surface area contributed by atoms with Crippen molar-refractivity contribution < 1.29 is 18.7 Å². The van der Waals surface area contributed by atoms with E-state index in [2.05, 4.69) is 10.6 Å². The van der Waals surface area contributed by atoms with Crippen molar-refractivity contribution in [3.63, 3.8) is 0 Å². The van der Waals surface area contributed by atoms with E-state index in [9.17, 15) is 9.59 Å². The van der Waals surface area contributed by atoms with Crippen LogP contribution in [0, 0.1) is 13.8 Å². The molecule has 0 radical (unpaired) electrons. The Kier molecular flexibility index (Phi) is 4.65. The quantitative estimate of drug-likeness (QED) is 0.886. The molecular weight excluding hydrogens is 322 g/mol. The number of ether oxygens (including phenoxy) is 1. The third-order valence-electron chi connectivity index (χ3n) is 4.10. The molecule has 0 aliphatic carbocycles. The predicted octanol–water partition coefficient (Wildman–Crippen LogP) is 3.74. The zero-order valence-electron chi connectivity index (χ0n) is 14.5. The SMILES string of the molecule is Cc1cc(C(C)NC(=O)Nc2ccccc2N2CCOC2=O)c(C)o1. The normalized spacial score (nSPS) is 15.0. The highest BCUT2D eigenvalue weighted by molar-refractivity contribution is 5.99. The molecule has 132 valence electrons. The molecule has 1 aliphatic heterocycles. The average molecular weight is 343 g/mol. The summed E-state index contributed by atoms with van der Waals surface area (Å²) in [5.41, 5.74) is 2.10. The van der Waals surface area contributed by atoms with Gasteiger partial charge in [0, 0.05) is 5.56 Å². The van der Waals surface area contributed by atoms with Gasteiger partial charge in [-0.25, -0.2) is 9.59 Å². The Labute approximate surface area is 145 Å². The highest BCUT2D eigenvalue weighted by Crippen LogP contribution is 2.28. The first-order valence-corrected chi connectivity index (χ1v) is 8.13. The van der Waals surface area contributed by atoms with Crippen LogP contribution in [0.2, 0.25) is 0 Å². The van der Waals surface area contributed by atoms with Gasteiger partial charge >= 0.3 is 12.1 Å². The van der Waals surface area contributed by atoms with Crippen LogP contribution in [0.25, 0.3) is 0 Å². The van der Waals surface area contributed by atoms with Crippen molar-refractivity contribution in [1.29, 1.82) is 0 Å². The number of hydrogen-bond acceptors (Lipinski definition) is 4. The molecule has 2 N–H and O–H groups in total. The van der Waals surface area contributed by atoms with Gasteiger partial charge in [0.1, 0.15) is 18.1 Å². The summed E-state index contributed by atoms with van der Waals surface area (Å²) in [6.07, 6.45) is -0.410. The number of aryl methyl sites for hydroxylation is 2. The van der Waals surface area contributed by atoms with E-state index in [1.807, 2.05) is 32.9 Å². The molecule has 0 spiro atoms. The van der Waals surface area contributed by atoms with Crippen LogP contribution in [0.1, 0.15) is 30.0 Å². The fraction of sp³-hybridized carbons (Fsp3) is 0.333.